The summed E-state index contributed by atoms with van der Waals surface area (Å²) in [6, 6.07) is 7.44. The molecule has 2 aromatic rings. The molecule has 3 nitrogen and oxygen atoms in total. The summed E-state index contributed by atoms with van der Waals surface area (Å²) in [6.45, 7) is 0. The van der Waals surface area contributed by atoms with Crippen LogP contribution in [-0.2, 0) is 0 Å². The number of carbonyl (C=O) groups is 1. The number of aromatic carboxylic acids is 1. The van der Waals surface area contributed by atoms with E-state index in [-0.39, 0.29) is 10.5 Å². The Morgan fingerprint density at radius 2 is 1.79 bits per heavy atom. The zero-order valence-corrected chi connectivity index (χ0v) is 10.4. The predicted molar refractivity (Wildman–Crippen MR) is 68.3 cm³/mol. The molecule has 98 valence electrons. The molecule has 0 aliphatic heterocycles. The zero-order valence-electron chi connectivity index (χ0n) is 9.56. The van der Waals surface area contributed by atoms with Gasteiger partial charge in [0.15, 0.2) is 0 Å². The molecule has 0 fully saturated rings. The Morgan fingerprint density at radius 1 is 1.11 bits per heavy atom. The average molecular weight is 281 g/mol. The van der Waals surface area contributed by atoms with Gasteiger partial charge < -0.3 is 10.8 Å². The van der Waals surface area contributed by atoms with Crippen LogP contribution in [0, 0.1) is 11.6 Å². The average Bonchev–Trinajstić information content (AvgIpc) is 2.34. The molecule has 0 unspecified atom stereocenters. The van der Waals surface area contributed by atoms with E-state index < -0.39 is 17.6 Å². The maximum atomic E-state index is 13.5. The maximum Gasteiger partial charge on any atom is 0.336 e. The van der Waals surface area contributed by atoms with Crippen molar-refractivity contribution < 1.29 is 18.7 Å². The minimum atomic E-state index is -1.16. The second-order valence-corrected chi connectivity index (χ2v) is 4.82. The third kappa shape index (κ3) is 3.03. The Morgan fingerprint density at radius 3 is 2.42 bits per heavy atom. The molecule has 0 bridgehead atoms. The first kappa shape index (κ1) is 13.4. The molecule has 0 radical (unpaired) electrons. The number of rotatable bonds is 3. The quantitative estimate of drug-likeness (QED) is 0.846. The van der Waals surface area contributed by atoms with Gasteiger partial charge in [-0.05, 0) is 30.3 Å². The van der Waals surface area contributed by atoms with Gasteiger partial charge in [-0.1, -0.05) is 11.8 Å². The highest BCUT2D eigenvalue weighted by atomic mass is 32.2. The second-order valence-electron chi connectivity index (χ2n) is 3.74. The number of carboxylic acid groups (broad SMARTS) is 1. The van der Waals surface area contributed by atoms with Gasteiger partial charge >= 0.3 is 5.97 Å². The van der Waals surface area contributed by atoms with E-state index in [1.165, 1.54) is 24.3 Å². The van der Waals surface area contributed by atoms with Gasteiger partial charge in [0.25, 0.3) is 0 Å². The molecule has 0 aliphatic rings. The Bertz CT molecular complexity index is 647. The van der Waals surface area contributed by atoms with E-state index in [0.29, 0.717) is 10.6 Å². The first-order valence-electron chi connectivity index (χ1n) is 5.23. The first-order valence-corrected chi connectivity index (χ1v) is 6.05. The summed E-state index contributed by atoms with van der Waals surface area (Å²) in [5, 5.41) is 9.06. The van der Waals surface area contributed by atoms with Crippen LogP contribution in [0.15, 0.2) is 46.2 Å². The summed E-state index contributed by atoms with van der Waals surface area (Å²) in [6.07, 6.45) is 0. The van der Waals surface area contributed by atoms with Gasteiger partial charge in [-0.25, -0.2) is 13.6 Å². The lowest BCUT2D eigenvalue weighted by atomic mass is 10.2. The summed E-state index contributed by atoms with van der Waals surface area (Å²) in [5.74, 6) is -2.58. The van der Waals surface area contributed by atoms with Crippen molar-refractivity contribution in [2.45, 2.75) is 9.79 Å². The van der Waals surface area contributed by atoms with Crippen LogP contribution in [0.2, 0.25) is 0 Å². The van der Waals surface area contributed by atoms with E-state index in [4.69, 9.17) is 10.8 Å². The fourth-order valence-electron chi connectivity index (χ4n) is 1.48. The van der Waals surface area contributed by atoms with Crippen LogP contribution in [-0.4, -0.2) is 11.1 Å². The van der Waals surface area contributed by atoms with Gasteiger partial charge in [0, 0.05) is 21.5 Å². The standard InChI is InChI=1S/C13H9F2NO2S/c14-7-1-3-12(10(15)5-7)19-11-4-2-8(16)6-9(11)13(17)18/h1-6H,16H2,(H,17,18). The van der Waals surface area contributed by atoms with Crippen molar-refractivity contribution in [2.75, 3.05) is 5.73 Å². The lowest BCUT2D eigenvalue weighted by Crippen LogP contribution is -2.00. The number of carboxylic acids is 1. The van der Waals surface area contributed by atoms with Crippen molar-refractivity contribution >= 4 is 23.4 Å². The summed E-state index contributed by atoms with van der Waals surface area (Å²) in [4.78, 5) is 11.6. The van der Waals surface area contributed by atoms with Crippen LogP contribution in [0.25, 0.3) is 0 Å². The van der Waals surface area contributed by atoms with Crippen LogP contribution in [0.1, 0.15) is 10.4 Å². The van der Waals surface area contributed by atoms with Gasteiger partial charge in [-0.3, -0.25) is 0 Å². The molecular weight excluding hydrogens is 272 g/mol. The molecule has 0 amide bonds. The van der Waals surface area contributed by atoms with Gasteiger partial charge in [-0.15, -0.1) is 0 Å². The van der Waals surface area contributed by atoms with Crippen LogP contribution in [0.3, 0.4) is 0 Å². The highest BCUT2D eigenvalue weighted by Crippen LogP contribution is 2.33. The normalized spacial score (nSPS) is 10.4. The molecule has 0 spiro atoms. The van der Waals surface area contributed by atoms with Crippen molar-refractivity contribution in [1.82, 2.24) is 0 Å². The zero-order chi connectivity index (χ0) is 14.0. The van der Waals surface area contributed by atoms with Crippen molar-refractivity contribution in [3.63, 3.8) is 0 Å². The highest BCUT2D eigenvalue weighted by molar-refractivity contribution is 7.99. The smallest absolute Gasteiger partial charge is 0.336 e. The molecule has 0 aromatic heterocycles. The summed E-state index contributed by atoms with van der Waals surface area (Å²) < 4.78 is 26.3. The minimum Gasteiger partial charge on any atom is -0.478 e. The molecule has 19 heavy (non-hydrogen) atoms. The SMILES string of the molecule is Nc1ccc(Sc2ccc(F)cc2F)c(C(=O)O)c1. The molecule has 2 aromatic carbocycles. The summed E-state index contributed by atoms with van der Waals surface area (Å²) >= 11 is 0.909. The van der Waals surface area contributed by atoms with Crippen molar-refractivity contribution in [3.8, 4) is 0 Å². The number of halogens is 2. The fraction of sp³-hybridized carbons (Fsp3) is 0. The topological polar surface area (TPSA) is 63.3 Å². The molecule has 3 N–H and O–H groups in total. The van der Waals surface area contributed by atoms with Crippen molar-refractivity contribution in [2.24, 2.45) is 0 Å². The van der Waals surface area contributed by atoms with E-state index in [2.05, 4.69) is 0 Å². The Hall–Kier alpha value is -2.08. The summed E-state index contributed by atoms with van der Waals surface area (Å²) in [7, 11) is 0. The first-order chi connectivity index (χ1) is 8.97. The van der Waals surface area contributed by atoms with E-state index in [0.717, 1.165) is 23.9 Å². The fourth-order valence-corrected chi connectivity index (χ4v) is 2.40. The number of nitrogens with two attached hydrogens (primary N) is 1. The molecule has 2 rings (SSSR count). The Balaban J connectivity index is 2.40. The number of hydrogen-bond donors (Lipinski definition) is 2. The van der Waals surface area contributed by atoms with Crippen LogP contribution >= 0.6 is 11.8 Å². The van der Waals surface area contributed by atoms with Gasteiger partial charge in [0.1, 0.15) is 11.6 Å². The molecule has 0 saturated carbocycles. The van der Waals surface area contributed by atoms with Crippen molar-refractivity contribution in [3.05, 3.63) is 53.6 Å². The van der Waals surface area contributed by atoms with Crippen LogP contribution in [0.4, 0.5) is 14.5 Å². The molecule has 0 saturated heterocycles. The number of hydrogen-bond acceptors (Lipinski definition) is 3. The Kier molecular flexibility index (Phi) is 3.71. The van der Waals surface area contributed by atoms with Crippen LogP contribution < -0.4 is 5.73 Å². The van der Waals surface area contributed by atoms with E-state index >= 15 is 0 Å². The maximum absolute atomic E-state index is 13.5. The van der Waals surface area contributed by atoms with Gasteiger partial charge in [0.05, 0.1) is 5.56 Å². The van der Waals surface area contributed by atoms with Gasteiger partial charge in [-0.2, -0.15) is 0 Å². The lowest BCUT2D eigenvalue weighted by Gasteiger charge is -2.07. The molecule has 0 atom stereocenters. The van der Waals surface area contributed by atoms with E-state index in [1.54, 1.807) is 0 Å². The Labute approximate surface area is 112 Å². The van der Waals surface area contributed by atoms with Gasteiger partial charge in [0.2, 0.25) is 0 Å². The lowest BCUT2D eigenvalue weighted by molar-refractivity contribution is 0.0693. The third-order valence-electron chi connectivity index (χ3n) is 2.35. The monoisotopic (exact) mass is 281 g/mol. The molecular formula is C13H9F2NO2S. The number of anilines is 1. The minimum absolute atomic E-state index is 0.0197. The second kappa shape index (κ2) is 5.27. The predicted octanol–water partition coefficient (Wildman–Crippen LogP) is 3.40. The van der Waals surface area contributed by atoms with E-state index in [9.17, 15) is 13.6 Å². The number of nitrogen functional groups attached to an aromatic ring is 1. The van der Waals surface area contributed by atoms with E-state index in [1.807, 2.05) is 0 Å². The highest BCUT2D eigenvalue weighted by Gasteiger charge is 2.14. The molecule has 6 heteroatoms. The molecule has 0 heterocycles. The largest absolute Gasteiger partial charge is 0.478 e. The summed E-state index contributed by atoms with van der Waals surface area (Å²) in [5.41, 5.74) is 5.80. The number of benzene rings is 2. The molecule has 0 aliphatic carbocycles. The van der Waals surface area contributed by atoms with Crippen molar-refractivity contribution in [1.29, 1.82) is 0 Å². The van der Waals surface area contributed by atoms with Crippen LogP contribution in [0.5, 0.6) is 0 Å². The third-order valence-corrected chi connectivity index (χ3v) is 3.47.